The fourth-order valence-corrected chi connectivity index (χ4v) is 3.33. The number of nitrogens with one attached hydrogen (secondary N) is 2. The van der Waals surface area contributed by atoms with Crippen LogP contribution in [0.4, 0.5) is 10.5 Å². The first kappa shape index (κ1) is 21.3. The molecule has 3 rings (SSSR count). The average molecular weight is 470 g/mol. The molecule has 1 heterocycles. The highest BCUT2D eigenvalue weighted by Gasteiger charge is 2.34. The molecule has 1 saturated heterocycles. The van der Waals surface area contributed by atoms with Gasteiger partial charge < -0.3 is 15.4 Å². The molecule has 0 bridgehead atoms. The average Bonchev–Trinajstić information content (AvgIpc) is 2.95. The Hall–Kier alpha value is -3.39. The van der Waals surface area contributed by atoms with Crippen molar-refractivity contribution in [2.24, 2.45) is 0 Å². The van der Waals surface area contributed by atoms with Gasteiger partial charge >= 0.3 is 6.03 Å². The van der Waals surface area contributed by atoms with Gasteiger partial charge in [-0.2, -0.15) is 0 Å². The fraction of sp³-hybridized carbons (Fsp3) is 0.136. The van der Waals surface area contributed by atoms with Crippen molar-refractivity contribution in [3.63, 3.8) is 0 Å². The highest BCUT2D eigenvalue weighted by atomic mass is 79.9. The number of carbonyl (C=O) groups is 3. The lowest BCUT2D eigenvalue weighted by molar-refractivity contribution is -0.127. The summed E-state index contributed by atoms with van der Waals surface area (Å²) >= 11 is 3.41. The third-order valence-electron chi connectivity index (χ3n) is 4.19. The van der Waals surface area contributed by atoms with Gasteiger partial charge in [-0.15, -0.1) is 0 Å². The zero-order valence-electron chi connectivity index (χ0n) is 16.3. The van der Waals surface area contributed by atoms with Crippen LogP contribution in [0.25, 0.3) is 6.08 Å². The molecule has 1 fully saturated rings. The summed E-state index contributed by atoms with van der Waals surface area (Å²) in [5.41, 5.74) is 2.36. The Morgan fingerprint density at radius 2 is 2.07 bits per heavy atom. The minimum Gasteiger partial charge on any atom is -0.488 e. The molecule has 7 nitrogen and oxygen atoms in total. The largest absolute Gasteiger partial charge is 0.488 e. The van der Waals surface area contributed by atoms with Crippen LogP contribution in [-0.2, 0) is 9.59 Å². The number of urea groups is 1. The van der Waals surface area contributed by atoms with E-state index in [0.717, 1.165) is 10.5 Å². The van der Waals surface area contributed by atoms with Crippen LogP contribution in [0.3, 0.4) is 0 Å². The quantitative estimate of drug-likeness (QED) is 0.366. The van der Waals surface area contributed by atoms with Crippen LogP contribution in [0.15, 0.2) is 65.3 Å². The Morgan fingerprint density at radius 1 is 1.27 bits per heavy atom. The second kappa shape index (κ2) is 9.41. The number of carbonyl (C=O) groups excluding carboxylic acids is 3. The Morgan fingerprint density at radius 3 is 2.77 bits per heavy atom. The molecule has 2 aromatic carbocycles. The Balaban J connectivity index is 1.68. The van der Waals surface area contributed by atoms with Gasteiger partial charge in [0.1, 0.15) is 24.6 Å². The molecule has 0 radical (unpaired) electrons. The first-order chi connectivity index (χ1) is 14.4. The third-order valence-corrected chi connectivity index (χ3v) is 4.81. The van der Waals surface area contributed by atoms with E-state index in [1.165, 1.54) is 0 Å². The lowest BCUT2D eigenvalue weighted by atomic mass is 10.2. The molecule has 4 amide bonds. The number of benzene rings is 2. The molecule has 2 aromatic rings. The molecule has 30 heavy (non-hydrogen) atoms. The van der Waals surface area contributed by atoms with Crippen molar-refractivity contribution in [2.75, 3.05) is 18.5 Å². The van der Waals surface area contributed by atoms with Gasteiger partial charge in [-0.05, 0) is 64.3 Å². The van der Waals surface area contributed by atoms with E-state index in [9.17, 15) is 14.4 Å². The van der Waals surface area contributed by atoms with E-state index in [1.54, 1.807) is 42.5 Å². The number of anilines is 1. The summed E-state index contributed by atoms with van der Waals surface area (Å²) < 4.78 is 6.19. The summed E-state index contributed by atoms with van der Waals surface area (Å²) in [6.45, 7) is 5.49. The van der Waals surface area contributed by atoms with Crippen LogP contribution < -0.4 is 15.4 Å². The smallest absolute Gasteiger partial charge is 0.329 e. The van der Waals surface area contributed by atoms with Crippen molar-refractivity contribution in [2.45, 2.75) is 6.92 Å². The van der Waals surface area contributed by atoms with Crippen LogP contribution in [0, 0.1) is 6.92 Å². The van der Waals surface area contributed by atoms with Crippen LogP contribution in [0.1, 0.15) is 11.1 Å². The number of nitrogens with zero attached hydrogens (tertiary/aromatic N) is 1. The minimum atomic E-state index is -0.643. The van der Waals surface area contributed by atoms with E-state index < -0.39 is 17.8 Å². The van der Waals surface area contributed by atoms with Gasteiger partial charge in [0.05, 0.1) is 4.47 Å². The van der Waals surface area contributed by atoms with Crippen molar-refractivity contribution in [3.05, 3.63) is 76.4 Å². The van der Waals surface area contributed by atoms with Crippen molar-refractivity contribution >= 4 is 45.5 Å². The Kier molecular flexibility index (Phi) is 6.68. The minimum absolute atomic E-state index is 0.0926. The summed E-state index contributed by atoms with van der Waals surface area (Å²) in [6, 6.07) is 11.9. The maximum absolute atomic E-state index is 12.6. The predicted molar refractivity (Wildman–Crippen MR) is 118 cm³/mol. The van der Waals surface area contributed by atoms with Crippen molar-refractivity contribution in [1.82, 2.24) is 10.2 Å². The van der Waals surface area contributed by atoms with Gasteiger partial charge in [0.15, 0.2) is 0 Å². The third kappa shape index (κ3) is 5.15. The van der Waals surface area contributed by atoms with Crippen molar-refractivity contribution in [1.29, 1.82) is 0 Å². The highest BCUT2D eigenvalue weighted by molar-refractivity contribution is 9.10. The van der Waals surface area contributed by atoms with Gasteiger partial charge in [-0.25, -0.2) is 9.69 Å². The number of ether oxygens (including phenoxy) is 1. The van der Waals surface area contributed by atoms with Crippen LogP contribution in [-0.4, -0.2) is 35.9 Å². The standard InChI is InChI=1S/C22H20BrN3O4/c1-3-9-30-19-8-7-15(11-17(19)23)12-18-21(28)26(22(29)25-18)13-20(27)24-16-6-4-5-14(2)10-16/h3-8,10-12H,1,9,13H2,2H3,(H,24,27)(H,25,29)/b18-12+. The van der Waals surface area contributed by atoms with E-state index in [4.69, 9.17) is 4.74 Å². The van der Waals surface area contributed by atoms with E-state index >= 15 is 0 Å². The SMILES string of the molecule is C=CCOc1ccc(/C=C2/NC(=O)N(CC(=O)Nc3cccc(C)c3)C2=O)cc1Br. The molecule has 0 atom stereocenters. The first-order valence-electron chi connectivity index (χ1n) is 9.11. The second-order valence-corrected chi connectivity index (χ2v) is 7.44. The molecule has 2 N–H and O–H groups in total. The van der Waals surface area contributed by atoms with E-state index in [1.807, 2.05) is 19.1 Å². The van der Waals surface area contributed by atoms with E-state index in [-0.39, 0.29) is 12.2 Å². The summed E-state index contributed by atoms with van der Waals surface area (Å²) in [5, 5.41) is 5.19. The molecule has 154 valence electrons. The van der Waals surface area contributed by atoms with Crippen molar-refractivity contribution < 1.29 is 19.1 Å². The predicted octanol–water partition coefficient (Wildman–Crippen LogP) is 3.85. The molecular formula is C22H20BrN3O4. The monoisotopic (exact) mass is 469 g/mol. The zero-order valence-corrected chi connectivity index (χ0v) is 17.9. The number of rotatable bonds is 7. The Labute approximate surface area is 182 Å². The number of aryl methyl sites for hydroxylation is 1. The van der Waals surface area contributed by atoms with Gasteiger partial charge in [-0.3, -0.25) is 9.59 Å². The number of halogens is 1. The lowest BCUT2D eigenvalue weighted by Gasteiger charge is -2.12. The van der Waals surface area contributed by atoms with Crippen LogP contribution in [0.2, 0.25) is 0 Å². The molecule has 0 unspecified atom stereocenters. The molecule has 1 aliphatic heterocycles. The molecule has 0 aromatic heterocycles. The molecule has 8 heteroatoms. The molecule has 0 spiro atoms. The number of imide groups is 1. The number of hydrogen-bond donors (Lipinski definition) is 2. The topological polar surface area (TPSA) is 87.7 Å². The molecule has 1 aliphatic rings. The van der Waals surface area contributed by atoms with Gasteiger partial charge in [0.25, 0.3) is 5.91 Å². The van der Waals surface area contributed by atoms with E-state index in [2.05, 4.69) is 33.1 Å². The summed E-state index contributed by atoms with van der Waals surface area (Å²) in [5.74, 6) is -0.396. The maximum Gasteiger partial charge on any atom is 0.329 e. The Bertz CT molecular complexity index is 1050. The van der Waals surface area contributed by atoms with Gasteiger partial charge in [0.2, 0.25) is 5.91 Å². The molecule has 0 saturated carbocycles. The number of amides is 4. The fourth-order valence-electron chi connectivity index (χ4n) is 2.82. The lowest BCUT2D eigenvalue weighted by Crippen LogP contribution is -2.38. The summed E-state index contributed by atoms with van der Waals surface area (Å²) in [4.78, 5) is 37.9. The zero-order chi connectivity index (χ0) is 21.7. The highest BCUT2D eigenvalue weighted by Crippen LogP contribution is 2.27. The normalized spacial score (nSPS) is 14.6. The van der Waals surface area contributed by atoms with Gasteiger partial charge in [0, 0.05) is 5.69 Å². The molecular weight excluding hydrogens is 450 g/mol. The van der Waals surface area contributed by atoms with Crippen LogP contribution in [0.5, 0.6) is 5.75 Å². The molecule has 0 aliphatic carbocycles. The maximum atomic E-state index is 12.6. The van der Waals surface area contributed by atoms with Gasteiger partial charge in [-0.1, -0.05) is 30.9 Å². The second-order valence-electron chi connectivity index (χ2n) is 6.59. The summed E-state index contributed by atoms with van der Waals surface area (Å²) in [7, 11) is 0. The van der Waals surface area contributed by atoms with Crippen LogP contribution >= 0.6 is 15.9 Å². The van der Waals surface area contributed by atoms with Crippen molar-refractivity contribution in [3.8, 4) is 5.75 Å². The summed E-state index contributed by atoms with van der Waals surface area (Å²) in [6.07, 6.45) is 3.18. The van der Waals surface area contributed by atoms with E-state index in [0.29, 0.717) is 28.1 Å². The first-order valence-corrected chi connectivity index (χ1v) is 9.91. The number of hydrogen-bond acceptors (Lipinski definition) is 4.